The molecule has 0 aromatic rings. The molecule has 0 heterocycles. The maximum atomic E-state index is 4.82. The molecule has 0 atom stereocenters. The van der Waals surface area contributed by atoms with Crippen LogP contribution in [0.5, 0.6) is 0 Å². The fraction of sp³-hybridized carbons (Fsp3) is 0.917. The largest absolute Gasteiger partial charge is 1.00 e. The van der Waals surface area contributed by atoms with Crippen LogP contribution in [0.1, 0.15) is 0 Å². The van der Waals surface area contributed by atoms with Gasteiger partial charge in [-0.2, -0.15) is 0 Å². The van der Waals surface area contributed by atoms with Crippen molar-refractivity contribution in [1.29, 1.82) is 0 Å². The summed E-state index contributed by atoms with van der Waals surface area (Å²) in [5, 5.41) is 0. The topological polar surface area (TPSA) is 73.5 Å². The summed E-state index contributed by atoms with van der Waals surface area (Å²) in [7, 11) is 0.222. The van der Waals surface area contributed by atoms with E-state index >= 15 is 0 Å². The van der Waals surface area contributed by atoms with E-state index in [1.165, 1.54) is 0 Å². The van der Waals surface area contributed by atoms with E-state index < -0.39 is 49.4 Å². The number of nitrogens with zero attached hydrogens (tertiary/aromatic N) is 7. The third-order valence-electron chi connectivity index (χ3n) is 3.21. The second kappa shape index (κ2) is 21.2. The average Bonchev–Trinajstić information content (AvgIpc) is 2.45. The van der Waals surface area contributed by atoms with Crippen molar-refractivity contribution in [2.45, 2.75) is 118 Å². The predicted molar refractivity (Wildman–Crippen MR) is 192 cm³/mol. The molecule has 0 spiro atoms. The minimum atomic E-state index is -1.41. The van der Waals surface area contributed by atoms with Gasteiger partial charge in [0.05, 0.1) is 32.9 Å². The molecule has 0 rings (SSSR count). The maximum absolute atomic E-state index is 4.82. The first-order chi connectivity index (χ1) is 15.7. The van der Waals surface area contributed by atoms with Crippen LogP contribution in [0.2, 0.25) is 118 Å². The van der Waals surface area contributed by atoms with Crippen molar-refractivity contribution in [3.63, 3.8) is 0 Å². The van der Waals surface area contributed by atoms with Gasteiger partial charge in [0.1, 0.15) is 0 Å². The van der Waals surface area contributed by atoms with E-state index in [-0.39, 0.29) is 51.2 Å². The summed E-state index contributed by atoms with van der Waals surface area (Å²) in [4.78, 5) is 13.5. The van der Waals surface area contributed by atoms with Crippen LogP contribution in [-0.2, 0) is 51.2 Å². The normalized spacial score (nSPS) is 13.1. The molecular formula is C24H66Cu3N7Si6. The van der Waals surface area contributed by atoms with E-state index in [9.17, 15) is 0 Å². The Hall–Kier alpha value is 1.36. The summed E-state index contributed by atoms with van der Waals surface area (Å²) in [5.74, 6) is 1.87. The van der Waals surface area contributed by atoms with Crippen molar-refractivity contribution < 1.29 is 51.2 Å². The molecule has 0 aliphatic carbocycles. The van der Waals surface area contributed by atoms with Gasteiger partial charge in [-0.05, 0) is 40.1 Å². The fourth-order valence-corrected chi connectivity index (χ4v) is 14.3. The Kier molecular flexibility index (Phi) is 28.5. The minimum absolute atomic E-state index is 0. The first-order valence-electron chi connectivity index (χ1n) is 13.5. The molecule has 0 saturated carbocycles. The van der Waals surface area contributed by atoms with Gasteiger partial charge in [0.25, 0.3) is 0 Å². The summed E-state index contributed by atoms with van der Waals surface area (Å²) < 4.78 is 14.3. The third-order valence-corrected chi connectivity index (χ3v) is 12.1. The minimum Gasteiger partial charge on any atom is -0.668 e. The van der Waals surface area contributed by atoms with Crippen LogP contribution >= 0.6 is 0 Å². The fourth-order valence-electron chi connectivity index (χ4n) is 2.66. The first kappa shape index (κ1) is 53.9. The van der Waals surface area contributed by atoms with Crippen molar-refractivity contribution in [3.8, 4) is 0 Å². The summed E-state index contributed by atoms with van der Waals surface area (Å²) in [6.45, 7) is 40.6. The molecule has 0 saturated heterocycles. The molecule has 0 aromatic heterocycles. The van der Waals surface area contributed by atoms with Gasteiger partial charge in [0.2, 0.25) is 0 Å². The Balaban J connectivity index is -0.000000107. The maximum Gasteiger partial charge on any atom is 1.00 e. The van der Waals surface area contributed by atoms with Crippen LogP contribution in [0.25, 0.3) is 14.6 Å². The van der Waals surface area contributed by atoms with Crippen molar-refractivity contribution in [2.24, 2.45) is 9.32 Å². The predicted octanol–water partition coefficient (Wildman–Crippen LogP) is 8.92. The van der Waals surface area contributed by atoms with Gasteiger partial charge in [-0.25, -0.2) is 0 Å². The molecule has 0 radical (unpaired) electrons. The standard InChI is InChI=1S/2C9H24N3Si2.C6H18NSi2.3Cu/c2*1-12(2)9(10-13(3,4)5)11-14(6,7)8;1-8(2,3)7-9(4,5)6;;;/h2*1-8H3;1-6H3;;;/q3*-1;3*+1. The summed E-state index contributed by atoms with van der Waals surface area (Å²) in [6.07, 6.45) is 0. The van der Waals surface area contributed by atoms with Gasteiger partial charge in [0.15, 0.2) is 0 Å². The molecule has 40 heavy (non-hydrogen) atoms. The van der Waals surface area contributed by atoms with Crippen molar-refractivity contribution >= 4 is 61.3 Å². The zero-order valence-corrected chi connectivity index (χ0v) is 38.9. The number of guanidine groups is 2. The molecule has 0 aliphatic rings. The second-order valence-corrected chi connectivity index (χ2v) is 43.8. The van der Waals surface area contributed by atoms with Crippen LogP contribution in [0.3, 0.4) is 0 Å². The summed E-state index contributed by atoms with van der Waals surface area (Å²) in [6, 6.07) is 0. The number of rotatable bonds is 6. The molecule has 0 unspecified atom stereocenters. The third kappa shape index (κ3) is 46.3. The zero-order valence-electron chi connectivity index (χ0n) is 30.0. The summed E-state index contributed by atoms with van der Waals surface area (Å²) in [5.41, 5.74) is 0. The first-order valence-corrected chi connectivity index (χ1v) is 34.2. The molecule has 254 valence electrons. The molecule has 0 aromatic carbocycles. The van der Waals surface area contributed by atoms with Gasteiger partial charge < -0.3 is 33.7 Å². The Morgan fingerprint density at radius 1 is 0.400 bits per heavy atom. The molecule has 0 N–H and O–H groups in total. The monoisotopic (exact) mass is 809 g/mol. The van der Waals surface area contributed by atoms with Crippen LogP contribution < -0.4 is 0 Å². The number of hydrogen-bond donors (Lipinski definition) is 0. The van der Waals surface area contributed by atoms with Crippen LogP contribution in [0.4, 0.5) is 0 Å². The van der Waals surface area contributed by atoms with E-state index in [2.05, 4.69) is 118 Å². The van der Waals surface area contributed by atoms with Crippen LogP contribution in [0, 0.1) is 0 Å². The summed E-state index contributed by atoms with van der Waals surface area (Å²) >= 11 is 0. The van der Waals surface area contributed by atoms with Crippen LogP contribution in [-0.4, -0.2) is 99.3 Å². The molecular weight excluding hydrogens is 745 g/mol. The Labute approximate surface area is 290 Å². The van der Waals surface area contributed by atoms with Crippen molar-refractivity contribution in [3.05, 3.63) is 14.6 Å². The van der Waals surface area contributed by atoms with Gasteiger partial charge in [-0.15, -0.1) is 0 Å². The molecule has 7 nitrogen and oxygen atoms in total. The van der Waals surface area contributed by atoms with E-state index in [4.69, 9.17) is 23.9 Å². The van der Waals surface area contributed by atoms with E-state index in [0.717, 1.165) is 11.9 Å². The molecule has 0 aliphatic heterocycles. The SMILES string of the molecule is CN(C)/C(=N\[Si](C)(C)C)[N-][Si](C)(C)C.CN(C)/C(=N\[Si](C)(C)C)[N-][Si](C)(C)C.C[Si](C)(C)[N-][Si](C)(C)C.[Cu+].[Cu+].[Cu+]. The van der Waals surface area contributed by atoms with E-state index in [0.29, 0.717) is 0 Å². The van der Waals surface area contributed by atoms with E-state index in [1.807, 2.05) is 38.0 Å². The van der Waals surface area contributed by atoms with Gasteiger partial charge in [0, 0.05) is 0 Å². The zero-order chi connectivity index (χ0) is 30.8. The molecule has 16 heteroatoms. The second-order valence-electron chi connectivity index (χ2n) is 16.0. The molecule has 0 amide bonds. The van der Waals surface area contributed by atoms with Gasteiger partial charge in [-0.1, -0.05) is 134 Å². The van der Waals surface area contributed by atoms with Crippen molar-refractivity contribution in [2.75, 3.05) is 28.2 Å². The number of hydrogen-bond acceptors (Lipinski definition) is 2. The average molecular weight is 812 g/mol. The van der Waals surface area contributed by atoms with E-state index in [1.54, 1.807) is 0 Å². The van der Waals surface area contributed by atoms with Gasteiger partial charge >= 0.3 is 51.2 Å². The Morgan fingerprint density at radius 2 is 0.600 bits per heavy atom. The quantitative estimate of drug-likeness (QED) is 0.153. The van der Waals surface area contributed by atoms with Crippen LogP contribution in [0.15, 0.2) is 9.32 Å². The Morgan fingerprint density at radius 3 is 0.675 bits per heavy atom. The molecule has 0 bridgehead atoms. The Bertz CT molecular complexity index is 653. The molecule has 0 fully saturated rings. The van der Waals surface area contributed by atoms with Crippen molar-refractivity contribution in [1.82, 2.24) is 9.80 Å². The smallest absolute Gasteiger partial charge is 0.668 e. The van der Waals surface area contributed by atoms with Gasteiger partial charge in [-0.3, -0.25) is 0 Å².